The molecule has 1 aliphatic carbocycles. The zero-order valence-electron chi connectivity index (χ0n) is 12.8. The lowest BCUT2D eigenvalue weighted by Crippen LogP contribution is -2.35. The van der Waals surface area contributed by atoms with Crippen molar-refractivity contribution in [3.63, 3.8) is 0 Å². The van der Waals surface area contributed by atoms with E-state index >= 15 is 0 Å². The third-order valence-corrected chi connectivity index (χ3v) is 6.27. The fourth-order valence-electron chi connectivity index (χ4n) is 2.90. The van der Waals surface area contributed by atoms with E-state index in [9.17, 15) is 12.8 Å². The van der Waals surface area contributed by atoms with E-state index in [1.54, 1.807) is 20.2 Å². The number of hydrogen-bond acceptors (Lipinski definition) is 3. The van der Waals surface area contributed by atoms with Gasteiger partial charge >= 0.3 is 0 Å². The van der Waals surface area contributed by atoms with Gasteiger partial charge in [0.2, 0.25) is 10.0 Å². The summed E-state index contributed by atoms with van der Waals surface area (Å²) in [5.41, 5.74) is 0.832. The first-order valence-corrected chi connectivity index (χ1v) is 8.73. The van der Waals surface area contributed by atoms with Crippen molar-refractivity contribution in [1.29, 1.82) is 0 Å². The molecule has 0 aromatic heterocycles. The molecule has 1 N–H and O–H groups in total. The molecule has 1 aromatic carbocycles. The van der Waals surface area contributed by atoms with E-state index in [4.69, 9.17) is 0 Å². The van der Waals surface area contributed by atoms with Gasteiger partial charge in [0.25, 0.3) is 0 Å². The SMILES string of the molecule is CNCc1cc(F)c(C)c(S(=O)(=O)N(C)C2CCCC2)c1. The molecule has 2 rings (SSSR count). The molecule has 0 atom stereocenters. The molecule has 0 radical (unpaired) electrons. The molecule has 0 saturated heterocycles. The van der Waals surface area contributed by atoms with Crippen molar-refractivity contribution < 1.29 is 12.8 Å². The predicted molar refractivity (Wildman–Crippen MR) is 81.1 cm³/mol. The smallest absolute Gasteiger partial charge is 0.243 e. The molecule has 0 aliphatic heterocycles. The second-order valence-electron chi connectivity index (χ2n) is 5.69. The molecule has 0 amide bonds. The van der Waals surface area contributed by atoms with Crippen LogP contribution in [0.1, 0.15) is 36.8 Å². The van der Waals surface area contributed by atoms with E-state index in [0.29, 0.717) is 12.1 Å². The van der Waals surface area contributed by atoms with Crippen LogP contribution in [0.2, 0.25) is 0 Å². The third-order valence-electron chi connectivity index (χ3n) is 4.23. The maximum atomic E-state index is 14.0. The van der Waals surface area contributed by atoms with E-state index in [2.05, 4.69) is 5.32 Å². The van der Waals surface area contributed by atoms with Crippen LogP contribution in [0.3, 0.4) is 0 Å². The maximum absolute atomic E-state index is 14.0. The summed E-state index contributed by atoms with van der Waals surface area (Å²) >= 11 is 0. The maximum Gasteiger partial charge on any atom is 0.243 e. The van der Waals surface area contributed by atoms with Gasteiger partial charge in [0.15, 0.2) is 0 Å². The van der Waals surface area contributed by atoms with Crippen molar-refractivity contribution in [1.82, 2.24) is 9.62 Å². The monoisotopic (exact) mass is 314 g/mol. The highest BCUT2D eigenvalue weighted by atomic mass is 32.2. The van der Waals surface area contributed by atoms with Crippen LogP contribution in [0.25, 0.3) is 0 Å². The summed E-state index contributed by atoms with van der Waals surface area (Å²) in [4.78, 5) is 0.0853. The largest absolute Gasteiger partial charge is 0.316 e. The van der Waals surface area contributed by atoms with Crippen molar-refractivity contribution in [2.45, 2.75) is 50.1 Å². The van der Waals surface area contributed by atoms with Gasteiger partial charge < -0.3 is 5.32 Å². The Morgan fingerprint density at radius 3 is 2.52 bits per heavy atom. The number of hydrogen-bond donors (Lipinski definition) is 1. The summed E-state index contributed by atoms with van der Waals surface area (Å²) in [6.07, 6.45) is 3.87. The highest BCUT2D eigenvalue weighted by Gasteiger charge is 2.31. The summed E-state index contributed by atoms with van der Waals surface area (Å²) in [6.45, 7) is 1.96. The van der Waals surface area contributed by atoms with E-state index in [-0.39, 0.29) is 16.5 Å². The quantitative estimate of drug-likeness (QED) is 0.908. The summed E-state index contributed by atoms with van der Waals surface area (Å²) in [5.74, 6) is -0.471. The minimum atomic E-state index is -3.65. The summed E-state index contributed by atoms with van der Waals surface area (Å²) < 4.78 is 41.0. The molecular weight excluding hydrogens is 291 g/mol. The van der Waals surface area contributed by atoms with Gasteiger partial charge in [-0.1, -0.05) is 12.8 Å². The lowest BCUT2D eigenvalue weighted by molar-refractivity contribution is 0.372. The average molecular weight is 314 g/mol. The normalized spacial score (nSPS) is 16.8. The second-order valence-corrected chi connectivity index (χ2v) is 7.66. The Kier molecular flexibility index (Phi) is 5.01. The van der Waals surface area contributed by atoms with Gasteiger partial charge in [0.1, 0.15) is 5.82 Å². The molecule has 118 valence electrons. The van der Waals surface area contributed by atoms with E-state index in [1.165, 1.54) is 17.3 Å². The van der Waals surface area contributed by atoms with Crippen molar-refractivity contribution in [2.24, 2.45) is 0 Å². The minimum absolute atomic E-state index is 0.0328. The lowest BCUT2D eigenvalue weighted by atomic mass is 10.1. The van der Waals surface area contributed by atoms with Crippen LogP contribution in [0.4, 0.5) is 4.39 Å². The van der Waals surface area contributed by atoms with Crippen LogP contribution in [0.5, 0.6) is 0 Å². The van der Waals surface area contributed by atoms with E-state index in [0.717, 1.165) is 25.7 Å². The highest BCUT2D eigenvalue weighted by molar-refractivity contribution is 7.89. The number of rotatable bonds is 5. The Labute approximate surface area is 126 Å². The van der Waals surface area contributed by atoms with E-state index in [1.807, 2.05) is 0 Å². The van der Waals surface area contributed by atoms with Crippen molar-refractivity contribution in [3.8, 4) is 0 Å². The lowest BCUT2D eigenvalue weighted by Gasteiger charge is -2.25. The Morgan fingerprint density at radius 2 is 1.95 bits per heavy atom. The van der Waals surface area contributed by atoms with Crippen LogP contribution < -0.4 is 5.32 Å². The first kappa shape index (κ1) is 16.4. The molecule has 0 unspecified atom stereocenters. The van der Waals surface area contributed by atoms with Crippen LogP contribution in [0.15, 0.2) is 17.0 Å². The van der Waals surface area contributed by atoms with Crippen LogP contribution in [-0.4, -0.2) is 32.9 Å². The number of nitrogens with zero attached hydrogens (tertiary/aromatic N) is 1. The Morgan fingerprint density at radius 1 is 1.33 bits per heavy atom. The summed E-state index contributed by atoms with van der Waals surface area (Å²) in [7, 11) is -0.300. The second kappa shape index (κ2) is 6.42. The molecule has 1 aromatic rings. The fraction of sp³-hybridized carbons (Fsp3) is 0.600. The van der Waals surface area contributed by atoms with Crippen molar-refractivity contribution in [2.75, 3.05) is 14.1 Å². The van der Waals surface area contributed by atoms with Gasteiger partial charge in [0, 0.05) is 25.2 Å². The Balaban J connectivity index is 2.43. The van der Waals surface area contributed by atoms with Crippen molar-refractivity contribution >= 4 is 10.0 Å². The van der Waals surface area contributed by atoms with Crippen LogP contribution >= 0.6 is 0 Å². The fourth-order valence-corrected chi connectivity index (χ4v) is 4.60. The van der Waals surface area contributed by atoms with Crippen LogP contribution in [0, 0.1) is 12.7 Å². The summed E-state index contributed by atoms with van der Waals surface area (Å²) in [5, 5.41) is 2.92. The number of benzene rings is 1. The Bertz CT molecular complexity index is 610. The average Bonchev–Trinajstić information content (AvgIpc) is 2.95. The third kappa shape index (κ3) is 3.27. The number of halogens is 1. The Hall–Kier alpha value is -0.980. The predicted octanol–water partition coefficient (Wildman–Crippen LogP) is 2.42. The zero-order valence-corrected chi connectivity index (χ0v) is 13.6. The van der Waals surface area contributed by atoms with Gasteiger partial charge in [-0.2, -0.15) is 4.31 Å². The summed E-state index contributed by atoms with van der Waals surface area (Å²) in [6, 6.07) is 3.00. The molecule has 4 nitrogen and oxygen atoms in total. The molecule has 0 heterocycles. The van der Waals surface area contributed by atoms with Crippen molar-refractivity contribution in [3.05, 3.63) is 29.1 Å². The zero-order chi connectivity index (χ0) is 15.6. The number of nitrogens with one attached hydrogen (secondary N) is 1. The van der Waals surface area contributed by atoms with Crippen LogP contribution in [-0.2, 0) is 16.6 Å². The van der Waals surface area contributed by atoms with Gasteiger partial charge in [-0.3, -0.25) is 0 Å². The number of sulfonamides is 1. The minimum Gasteiger partial charge on any atom is -0.316 e. The molecule has 0 spiro atoms. The topological polar surface area (TPSA) is 49.4 Å². The molecule has 1 saturated carbocycles. The van der Waals surface area contributed by atoms with Gasteiger partial charge in [-0.25, -0.2) is 12.8 Å². The molecule has 0 bridgehead atoms. The van der Waals surface area contributed by atoms with Gasteiger partial charge in [0.05, 0.1) is 4.90 Å². The standard InChI is InChI=1S/C15H23FN2O2S/c1-11-14(16)8-12(10-17-2)9-15(11)21(19,20)18(3)13-6-4-5-7-13/h8-9,13,17H,4-7,10H2,1-3H3. The highest BCUT2D eigenvalue weighted by Crippen LogP contribution is 2.29. The molecular formula is C15H23FN2O2S. The molecule has 1 fully saturated rings. The first-order valence-electron chi connectivity index (χ1n) is 7.29. The van der Waals surface area contributed by atoms with E-state index < -0.39 is 15.8 Å². The molecule has 6 heteroatoms. The molecule has 21 heavy (non-hydrogen) atoms. The molecule has 1 aliphatic rings. The van der Waals surface area contributed by atoms with Gasteiger partial charge in [-0.05, 0) is 44.5 Å². The first-order chi connectivity index (χ1) is 9.87. The van der Waals surface area contributed by atoms with Gasteiger partial charge in [-0.15, -0.1) is 0 Å².